The molecule has 0 aromatic heterocycles. The molecule has 5 aromatic rings. The van der Waals surface area contributed by atoms with Gasteiger partial charge in [0.15, 0.2) is 0 Å². The molecule has 1 unspecified atom stereocenters. The van der Waals surface area contributed by atoms with Crippen molar-refractivity contribution in [3.8, 4) is 0 Å². The molecule has 6 rings (SSSR count). The van der Waals surface area contributed by atoms with Crippen LogP contribution in [0.5, 0.6) is 0 Å². The summed E-state index contributed by atoms with van der Waals surface area (Å²) in [5.41, 5.74) is 5.06. The topological polar surface area (TPSA) is 110 Å². The van der Waals surface area contributed by atoms with Gasteiger partial charge in [-0.05, 0) is 56.3 Å². The van der Waals surface area contributed by atoms with Gasteiger partial charge in [-0.1, -0.05) is 115 Å². The zero-order chi connectivity index (χ0) is 28.7. The van der Waals surface area contributed by atoms with Gasteiger partial charge in [0.05, 0.1) is 5.54 Å². The highest BCUT2D eigenvalue weighted by molar-refractivity contribution is 7.97. The van der Waals surface area contributed by atoms with E-state index in [1.165, 1.54) is 34.7 Å². The van der Waals surface area contributed by atoms with E-state index < -0.39 is 26.1 Å². The molecule has 0 fully saturated rings. The van der Waals surface area contributed by atoms with Gasteiger partial charge in [0, 0.05) is 6.54 Å². The third kappa shape index (κ3) is 5.21. The average molecular weight is 584 g/mol. The minimum absolute atomic E-state index is 0.208. The van der Waals surface area contributed by atoms with Crippen molar-refractivity contribution in [1.82, 2.24) is 5.32 Å². The Morgan fingerprint density at radius 1 is 0.707 bits per heavy atom. The molecule has 0 saturated carbocycles. The van der Waals surface area contributed by atoms with Crippen LogP contribution in [0.15, 0.2) is 120 Å². The van der Waals surface area contributed by atoms with Gasteiger partial charge in [0.25, 0.3) is 0 Å². The average Bonchev–Trinajstić information content (AvgIpc) is 3.36. The maximum Gasteiger partial charge on any atom is 0.412 e. The molecule has 1 heterocycles. The van der Waals surface area contributed by atoms with Crippen molar-refractivity contribution in [1.29, 1.82) is 0 Å². The lowest BCUT2D eigenvalue weighted by Crippen LogP contribution is -2.39. The molecule has 1 aliphatic rings. The van der Waals surface area contributed by atoms with Gasteiger partial charge in [-0.2, -0.15) is 16.8 Å². The molecular weight excluding hydrogens is 558 g/mol. The first-order valence-corrected chi connectivity index (χ1v) is 15.6. The smallest absolute Gasteiger partial charge is 0.296 e. The molecule has 5 aromatic carbocycles. The summed E-state index contributed by atoms with van der Waals surface area (Å²) >= 11 is 0. The predicted octanol–water partition coefficient (Wildman–Crippen LogP) is 5.91. The Hall–Kier alpha value is -4.12. The minimum Gasteiger partial charge on any atom is -0.296 e. The first kappa shape index (κ1) is 27.1. The second kappa shape index (κ2) is 10.4. The van der Waals surface area contributed by atoms with Gasteiger partial charge in [-0.15, -0.1) is 3.63 Å². The third-order valence-corrected chi connectivity index (χ3v) is 9.63. The van der Waals surface area contributed by atoms with E-state index >= 15 is 0 Å². The zero-order valence-corrected chi connectivity index (χ0v) is 23.3. The maximum atomic E-state index is 12.4. The summed E-state index contributed by atoms with van der Waals surface area (Å²) in [6.45, 7) is 0.724. The van der Waals surface area contributed by atoms with E-state index in [0.717, 1.165) is 28.6 Å². The highest BCUT2D eigenvalue weighted by Gasteiger charge is 2.41. The fourth-order valence-corrected chi connectivity index (χ4v) is 7.36. The number of rotatable bonds is 7. The van der Waals surface area contributed by atoms with Crippen LogP contribution < -0.4 is 5.32 Å². The largest absolute Gasteiger partial charge is 0.412 e. The van der Waals surface area contributed by atoms with Gasteiger partial charge in [0.2, 0.25) is 0 Å². The van der Waals surface area contributed by atoms with Crippen molar-refractivity contribution in [2.45, 2.75) is 17.0 Å². The van der Waals surface area contributed by atoms with Crippen molar-refractivity contribution in [2.75, 3.05) is 0 Å². The summed E-state index contributed by atoms with van der Waals surface area (Å²) in [6.07, 6.45) is 3.28. The molecule has 1 aliphatic heterocycles. The second-order valence-corrected chi connectivity index (χ2v) is 12.5. The first-order chi connectivity index (χ1) is 19.7. The van der Waals surface area contributed by atoms with Crippen LogP contribution in [0.2, 0.25) is 0 Å². The normalized spacial score (nSPS) is 17.2. The Balaban J connectivity index is 1.38. The van der Waals surface area contributed by atoms with Crippen molar-refractivity contribution >= 4 is 43.4 Å². The molecule has 1 atom stereocenters. The molecule has 2 N–H and O–H groups in total. The van der Waals surface area contributed by atoms with E-state index in [1.807, 2.05) is 42.5 Å². The molecular formula is C32H25NO6S2. The molecule has 0 bridgehead atoms. The monoisotopic (exact) mass is 583 g/mol. The van der Waals surface area contributed by atoms with E-state index in [9.17, 15) is 16.8 Å². The molecule has 9 heteroatoms. The van der Waals surface area contributed by atoms with E-state index in [0.29, 0.717) is 0 Å². The van der Waals surface area contributed by atoms with E-state index in [4.69, 9.17) is 4.55 Å². The summed E-state index contributed by atoms with van der Waals surface area (Å²) < 4.78 is 59.8. The Morgan fingerprint density at radius 3 is 2.15 bits per heavy atom. The fourth-order valence-electron chi connectivity index (χ4n) is 5.49. The zero-order valence-electron chi connectivity index (χ0n) is 21.6. The van der Waals surface area contributed by atoms with Gasteiger partial charge < -0.3 is 0 Å². The summed E-state index contributed by atoms with van der Waals surface area (Å²) in [7, 11) is -9.96. The Kier molecular flexibility index (Phi) is 6.85. The fraction of sp³-hybridized carbons (Fsp3) is 0.0625. The summed E-state index contributed by atoms with van der Waals surface area (Å²) in [6, 6.07) is 37.0. The van der Waals surface area contributed by atoms with E-state index in [2.05, 4.69) is 57.5 Å². The quantitative estimate of drug-likeness (QED) is 0.181. The van der Waals surface area contributed by atoms with Gasteiger partial charge in [0.1, 0.15) is 4.90 Å². The van der Waals surface area contributed by atoms with Crippen molar-refractivity contribution in [3.05, 3.63) is 149 Å². The van der Waals surface area contributed by atoms with E-state index in [1.54, 1.807) is 18.2 Å². The molecule has 206 valence electrons. The third-order valence-electron chi connectivity index (χ3n) is 7.31. The standard InChI is InChI=1S/C32H25NO6S2/c34-40(35,39-41(36,37)38)31-12-6-4-8-25(31)16-13-23-14-18-28(19-15-23)32(30-11-5-3-10-27(30)22-33-32)29-20-17-24-7-1-2-9-26(24)21-29/h1-21,33H,22H2,(H,36,37,38). The summed E-state index contributed by atoms with van der Waals surface area (Å²) in [5, 5.41) is 6.11. The highest BCUT2D eigenvalue weighted by atomic mass is 32.3. The number of fused-ring (bicyclic) bond motifs is 2. The molecule has 0 amide bonds. The van der Waals surface area contributed by atoms with Gasteiger partial charge >= 0.3 is 20.5 Å². The van der Waals surface area contributed by atoms with Crippen LogP contribution in [0.25, 0.3) is 22.9 Å². The first-order valence-electron chi connectivity index (χ1n) is 12.8. The minimum atomic E-state index is -5.21. The van der Waals surface area contributed by atoms with Crippen molar-refractivity contribution in [3.63, 3.8) is 0 Å². The van der Waals surface area contributed by atoms with Crippen molar-refractivity contribution < 1.29 is 25.0 Å². The van der Waals surface area contributed by atoms with Crippen LogP contribution >= 0.6 is 0 Å². The number of benzene rings is 5. The maximum absolute atomic E-state index is 12.4. The number of nitrogens with one attached hydrogen (secondary N) is 1. The lowest BCUT2D eigenvalue weighted by atomic mass is 9.77. The summed E-state index contributed by atoms with van der Waals surface area (Å²) in [4.78, 5) is -0.382. The highest BCUT2D eigenvalue weighted by Crippen LogP contribution is 2.43. The van der Waals surface area contributed by atoms with Crippen LogP contribution in [0.1, 0.15) is 33.4 Å². The SMILES string of the molecule is O=S(=O)(O)OS(=O)(=O)c1ccccc1C=Cc1ccc(C2(c3ccc4ccccc4c3)NCc3ccccc32)cc1. The predicted molar refractivity (Wildman–Crippen MR) is 159 cm³/mol. The van der Waals surface area contributed by atoms with Crippen LogP contribution in [0, 0.1) is 0 Å². The second-order valence-electron chi connectivity index (χ2n) is 9.77. The molecule has 0 aliphatic carbocycles. The van der Waals surface area contributed by atoms with Crippen LogP contribution in [0.4, 0.5) is 0 Å². The molecule has 7 nitrogen and oxygen atoms in total. The molecule has 41 heavy (non-hydrogen) atoms. The van der Waals surface area contributed by atoms with Crippen LogP contribution in [0.3, 0.4) is 0 Å². The number of hydrogen-bond acceptors (Lipinski definition) is 6. The Morgan fingerprint density at radius 2 is 1.37 bits per heavy atom. The molecule has 0 saturated heterocycles. The number of hydrogen-bond donors (Lipinski definition) is 2. The van der Waals surface area contributed by atoms with Crippen molar-refractivity contribution in [2.24, 2.45) is 0 Å². The Labute approximate surface area is 238 Å². The van der Waals surface area contributed by atoms with Crippen LogP contribution in [-0.4, -0.2) is 21.4 Å². The Bertz CT molecular complexity index is 2020. The molecule has 0 spiro atoms. The lowest BCUT2D eigenvalue weighted by molar-refractivity contribution is 0.383. The molecule has 0 radical (unpaired) electrons. The van der Waals surface area contributed by atoms with Crippen LogP contribution in [-0.2, 0) is 36.2 Å². The van der Waals surface area contributed by atoms with Gasteiger partial charge in [-0.25, -0.2) is 0 Å². The van der Waals surface area contributed by atoms with E-state index in [-0.39, 0.29) is 10.5 Å². The lowest BCUT2D eigenvalue weighted by Gasteiger charge is -2.33. The van der Waals surface area contributed by atoms with Gasteiger partial charge in [-0.3, -0.25) is 9.87 Å². The summed E-state index contributed by atoms with van der Waals surface area (Å²) in [5.74, 6) is 0.